The third-order valence-electron chi connectivity index (χ3n) is 8.69. The maximum absolute atomic E-state index is 6.72. The lowest BCUT2D eigenvalue weighted by Gasteiger charge is -2.48. The molecule has 1 atom stereocenters. The molecule has 1 unspecified atom stereocenters. The molecule has 2 aromatic carbocycles. The van der Waals surface area contributed by atoms with Gasteiger partial charge in [-0.3, -0.25) is 0 Å². The molecule has 0 aliphatic rings. The molecule has 0 spiro atoms. The third kappa shape index (κ3) is 12.9. The molecule has 228 valence electrons. The van der Waals surface area contributed by atoms with Crippen LogP contribution in [0.15, 0.2) is 85.0 Å². The molecule has 0 aliphatic heterocycles. The summed E-state index contributed by atoms with van der Waals surface area (Å²) in [5.41, 5.74) is 2.33. The maximum atomic E-state index is 6.72. The van der Waals surface area contributed by atoms with Crippen LogP contribution < -0.4 is 0 Å². The van der Waals surface area contributed by atoms with Gasteiger partial charge in [-0.05, 0) is 67.9 Å². The number of rotatable bonds is 22. The molecule has 0 radical (unpaired) electrons. The summed E-state index contributed by atoms with van der Waals surface area (Å²) in [6, 6.07) is 22.0. The van der Waals surface area contributed by atoms with Gasteiger partial charge in [-0.1, -0.05) is 164 Å². The van der Waals surface area contributed by atoms with E-state index in [1.165, 1.54) is 114 Å². The van der Waals surface area contributed by atoms with E-state index in [4.69, 9.17) is 4.43 Å². The highest BCUT2D eigenvalue weighted by atomic mass is 28.2. The molecule has 0 N–H and O–H groups in total. The minimum Gasteiger partial charge on any atom is -0.414 e. The molecule has 0 amide bonds. The van der Waals surface area contributed by atoms with Gasteiger partial charge in [0.15, 0.2) is 0 Å². The summed E-state index contributed by atoms with van der Waals surface area (Å²) >= 11 is 0. The Hall–Kier alpha value is -1.90. The number of allylic oxidation sites excluding steroid dienone is 4. The normalized spacial score (nSPS) is 13.5. The monoisotopic (exact) mass is 574 g/mol. The lowest BCUT2D eigenvalue weighted by Crippen LogP contribution is -2.45. The van der Waals surface area contributed by atoms with Crippen molar-refractivity contribution in [3.63, 3.8) is 0 Å². The minimum atomic E-state index is -0.387. The van der Waals surface area contributed by atoms with Crippen molar-refractivity contribution in [2.24, 2.45) is 11.3 Å². The highest BCUT2D eigenvalue weighted by Gasteiger charge is 2.46. The molecule has 0 aromatic heterocycles. The Balaban J connectivity index is 1.71. The van der Waals surface area contributed by atoms with Crippen LogP contribution in [0.5, 0.6) is 0 Å². The van der Waals surface area contributed by atoms with Gasteiger partial charge in [0.25, 0.3) is 0 Å². The molecule has 2 heteroatoms. The van der Waals surface area contributed by atoms with Crippen molar-refractivity contribution in [3.05, 3.63) is 96.1 Å². The number of hydrogen-bond donors (Lipinski definition) is 0. The van der Waals surface area contributed by atoms with Gasteiger partial charge < -0.3 is 4.43 Å². The van der Waals surface area contributed by atoms with Crippen LogP contribution in [0.4, 0.5) is 0 Å². The van der Waals surface area contributed by atoms with Crippen molar-refractivity contribution in [1.29, 1.82) is 0 Å². The zero-order valence-corrected chi connectivity index (χ0v) is 29.4. The largest absolute Gasteiger partial charge is 0.414 e. The first kappa shape index (κ1) is 35.3. The van der Waals surface area contributed by atoms with Gasteiger partial charge in [0.1, 0.15) is 16.1 Å². The number of benzene rings is 2. The highest BCUT2D eigenvalue weighted by molar-refractivity contribution is 5.98. The van der Waals surface area contributed by atoms with Crippen molar-refractivity contribution in [2.75, 3.05) is 0 Å². The van der Waals surface area contributed by atoms with Crippen molar-refractivity contribution in [3.8, 4) is 0 Å². The third-order valence-corrected chi connectivity index (χ3v) is 9.33. The fourth-order valence-corrected chi connectivity index (χ4v) is 7.21. The first-order valence-electron chi connectivity index (χ1n) is 16.9. The van der Waals surface area contributed by atoms with Crippen LogP contribution in [-0.4, -0.2) is 10.5 Å². The van der Waals surface area contributed by atoms with Crippen molar-refractivity contribution >= 4 is 10.5 Å². The van der Waals surface area contributed by atoms with Crippen LogP contribution in [0.1, 0.15) is 142 Å². The predicted octanol–water partition coefficient (Wildman–Crippen LogP) is 11.3. The zero-order chi connectivity index (χ0) is 29.7. The summed E-state index contributed by atoms with van der Waals surface area (Å²) in [7, 11) is 0.699. The lowest BCUT2D eigenvalue weighted by molar-refractivity contribution is -0.0128. The molecule has 2 rings (SSSR count). The van der Waals surface area contributed by atoms with Crippen molar-refractivity contribution in [1.82, 2.24) is 0 Å². The Morgan fingerprint density at radius 2 is 0.976 bits per heavy atom. The SMILES string of the molecule is CCC=CCCCCCCCCCC=CCCCCCCC(C(C)(C)C)C(O[SiH3])(c1ccccc1)c1ccccc1. The smallest absolute Gasteiger partial charge is 0.147 e. The van der Waals surface area contributed by atoms with E-state index < -0.39 is 0 Å². The molecular weight excluding hydrogens is 513 g/mol. The average Bonchev–Trinajstić information content (AvgIpc) is 2.98. The molecule has 0 heterocycles. The Morgan fingerprint density at radius 3 is 1.37 bits per heavy atom. The van der Waals surface area contributed by atoms with Gasteiger partial charge >= 0.3 is 0 Å². The topological polar surface area (TPSA) is 9.23 Å². The average molecular weight is 575 g/mol. The van der Waals surface area contributed by atoms with E-state index in [2.05, 4.69) is 113 Å². The van der Waals surface area contributed by atoms with Gasteiger partial charge in [-0.2, -0.15) is 0 Å². The van der Waals surface area contributed by atoms with Crippen LogP contribution in [0.2, 0.25) is 0 Å². The Morgan fingerprint density at radius 1 is 0.585 bits per heavy atom. The Kier molecular flexibility index (Phi) is 18.0. The Bertz CT molecular complexity index is 901. The molecule has 0 fully saturated rings. The van der Waals surface area contributed by atoms with Crippen molar-refractivity contribution in [2.45, 2.75) is 136 Å². The summed E-state index contributed by atoms with van der Waals surface area (Å²) in [6.45, 7) is 9.41. The summed E-state index contributed by atoms with van der Waals surface area (Å²) in [5.74, 6) is 0.403. The number of hydrogen-bond acceptors (Lipinski definition) is 1. The zero-order valence-electron chi connectivity index (χ0n) is 27.4. The Labute approximate surface area is 257 Å². The van der Waals surface area contributed by atoms with Crippen LogP contribution in [0.25, 0.3) is 0 Å². The van der Waals surface area contributed by atoms with Gasteiger partial charge in [0.05, 0.1) is 0 Å². The van der Waals surface area contributed by atoms with Crippen molar-refractivity contribution < 1.29 is 4.43 Å². The van der Waals surface area contributed by atoms with E-state index in [9.17, 15) is 0 Å². The lowest BCUT2D eigenvalue weighted by atomic mass is 9.63. The van der Waals surface area contributed by atoms with E-state index in [-0.39, 0.29) is 11.0 Å². The predicted molar refractivity (Wildman–Crippen MR) is 185 cm³/mol. The van der Waals surface area contributed by atoms with E-state index in [0.29, 0.717) is 16.4 Å². The molecule has 2 aromatic rings. The molecule has 0 bridgehead atoms. The van der Waals surface area contributed by atoms with Crippen LogP contribution in [-0.2, 0) is 10.0 Å². The van der Waals surface area contributed by atoms with Gasteiger partial charge in [-0.15, -0.1) is 0 Å². The van der Waals surface area contributed by atoms with Crippen LogP contribution in [0.3, 0.4) is 0 Å². The van der Waals surface area contributed by atoms with Gasteiger partial charge in [0, 0.05) is 5.92 Å². The molecule has 0 saturated carbocycles. The standard InChI is InChI=1S/C39H62OSi/c1-5-6-7-8-9-10-11-12-13-14-15-16-17-18-19-20-21-22-29-34-37(38(2,3)4)39(40-41,35-30-25-23-26-31-35)36-32-27-24-28-33-36/h6-7,17-18,23-28,30-33,37H,5,8-16,19-22,29,34H2,1-4,41H3. The second kappa shape index (κ2) is 20.9. The molecule has 1 nitrogen and oxygen atoms in total. The van der Waals surface area contributed by atoms with E-state index in [1.807, 2.05) is 0 Å². The first-order chi connectivity index (χ1) is 20.0. The first-order valence-corrected chi connectivity index (χ1v) is 17.7. The summed E-state index contributed by atoms with van der Waals surface area (Å²) in [5, 5.41) is 0. The second-order valence-electron chi connectivity index (χ2n) is 13.0. The quantitative estimate of drug-likeness (QED) is 0.0772. The second-order valence-corrected chi connectivity index (χ2v) is 13.4. The van der Waals surface area contributed by atoms with E-state index in [0.717, 1.165) is 0 Å². The fourth-order valence-electron chi connectivity index (χ4n) is 6.46. The van der Waals surface area contributed by atoms with Gasteiger partial charge in [-0.25, -0.2) is 0 Å². The molecule has 41 heavy (non-hydrogen) atoms. The molecule has 0 aliphatic carbocycles. The summed E-state index contributed by atoms with van der Waals surface area (Å²) < 4.78 is 6.72. The van der Waals surface area contributed by atoms with E-state index >= 15 is 0 Å². The van der Waals surface area contributed by atoms with Crippen LogP contribution in [0, 0.1) is 11.3 Å². The molecule has 0 saturated heterocycles. The summed E-state index contributed by atoms with van der Waals surface area (Å²) in [4.78, 5) is 0. The minimum absolute atomic E-state index is 0.130. The maximum Gasteiger partial charge on any atom is 0.147 e. The number of unbranched alkanes of at least 4 members (excludes halogenated alkanes) is 12. The van der Waals surface area contributed by atoms with Gasteiger partial charge in [0.2, 0.25) is 0 Å². The highest BCUT2D eigenvalue weighted by Crippen LogP contribution is 2.50. The van der Waals surface area contributed by atoms with E-state index in [1.54, 1.807) is 0 Å². The van der Waals surface area contributed by atoms with Crippen LogP contribution >= 0.6 is 0 Å². The summed E-state index contributed by atoms with van der Waals surface area (Å²) in [6.07, 6.45) is 30.6. The molecular formula is C39H62OSi. The fraction of sp³-hybridized carbons (Fsp3) is 0.590.